The van der Waals surface area contributed by atoms with Crippen LogP contribution in [0.15, 0.2) is 6.20 Å². The number of nitrogens with two attached hydrogens (primary N) is 1. The van der Waals surface area contributed by atoms with Gasteiger partial charge in [0.05, 0.1) is 0 Å². The second-order valence-corrected chi connectivity index (χ2v) is 1.70. The molecule has 0 fully saturated rings. The molecule has 0 aromatic carbocycles. The third-order valence-electron chi connectivity index (χ3n) is 0.986. The van der Waals surface area contributed by atoms with Crippen molar-refractivity contribution in [3.63, 3.8) is 0 Å². The summed E-state index contributed by atoms with van der Waals surface area (Å²) in [6.45, 7) is 0. The Bertz CT molecular complexity index is 228. The van der Waals surface area contributed by atoms with Gasteiger partial charge in [-0.1, -0.05) is 0 Å². The third kappa shape index (κ3) is 0.910. The maximum atomic E-state index is 9.98. The molecule has 0 unspecified atom stereocenters. The van der Waals surface area contributed by atoms with Gasteiger partial charge >= 0.3 is 0 Å². The largest absolute Gasteiger partial charge is 0.382 e. The Morgan fingerprint density at radius 1 is 1.89 bits per heavy atom. The van der Waals surface area contributed by atoms with Gasteiger partial charge in [0.25, 0.3) is 6.29 Å². The van der Waals surface area contributed by atoms with Crippen molar-refractivity contribution in [2.45, 2.75) is 0 Å². The molecule has 1 radical (unpaired) electrons. The lowest BCUT2D eigenvalue weighted by Gasteiger charge is -1.85. The molecule has 4 nitrogen and oxygen atoms in total. The van der Waals surface area contributed by atoms with Gasteiger partial charge in [0.1, 0.15) is 5.82 Å². The smallest absolute Gasteiger partial charge is 0.272 e. The van der Waals surface area contributed by atoms with Crippen molar-refractivity contribution in [3.05, 3.63) is 12.0 Å². The number of rotatable bonds is 1. The summed E-state index contributed by atoms with van der Waals surface area (Å²) >= 11 is 0. The Balaban J connectivity index is 3.15. The zero-order chi connectivity index (χ0) is 6.85. The Hall–Kier alpha value is -1.32. The average Bonchev–Trinajstić information content (AvgIpc) is 2.10. The van der Waals surface area contributed by atoms with Crippen LogP contribution in [0.5, 0.6) is 0 Å². The summed E-state index contributed by atoms with van der Waals surface area (Å²) in [4.78, 5) is 13.6. The van der Waals surface area contributed by atoms with Crippen LogP contribution in [0, 0.1) is 0 Å². The molecule has 1 aromatic heterocycles. The standard InChI is InChI=1S/C5H6N3O/c1-8-2-4(6)7-5(8)3-9/h2H,6H2,1H3. The molecule has 47 valence electrons. The Morgan fingerprint density at radius 3 is 2.78 bits per heavy atom. The van der Waals surface area contributed by atoms with Crippen molar-refractivity contribution in [2.75, 3.05) is 5.73 Å². The van der Waals surface area contributed by atoms with Crippen LogP contribution >= 0.6 is 0 Å². The molecule has 0 atom stereocenters. The van der Waals surface area contributed by atoms with Gasteiger partial charge in [-0.05, 0) is 0 Å². The predicted molar refractivity (Wildman–Crippen MR) is 32.4 cm³/mol. The quantitative estimate of drug-likeness (QED) is 0.547. The number of anilines is 1. The van der Waals surface area contributed by atoms with E-state index in [9.17, 15) is 4.79 Å². The van der Waals surface area contributed by atoms with Crippen LogP contribution in [0.1, 0.15) is 5.82 Å². The van der Waals surface area contributed by atoms with E-state index in [1.54, 1.807) is 19.5 Å². The Morgan fingerprint density at radius 2 is 2.56 bits per heavy atom. The predicted octanol–water partition coefficient (Wildman–Crippen LogP) is -0.540. The molecule has 0 amide bonds. The van der Waals surface area contributed by atoms with E-state index in [2.05, 4.69) is 4.98 Å². The third-order valence-corrected chi connectivity index (χ3v) is 0.986. The summed E-state index contributed by atoms with van der Waals surface area (Å²) in [6.07, 6.45) is 3.19. The maximum Gasteiger partial charge on any atom is 0.272 e. The van der Waals surface area contributed by atoms with Crippen LogP contribution in [0.4, 0.5) is 5.82 Å². The maximum absolute atomic E-state index is 9.98. The highest BCUT2D eigenvalue weighted by atomic mass is 16.1. The molecule has 1 aromatic rings. The van der Waals surface area contributed by atoms with Gasteiger partial charge in [-0.15, -0.1) is 0 Å². The number of hydrogen-bond donors (Lipinski definition) is 1. The lowest BCUT2D eigenvalue weighted by Crippen LogP contribution is -1.93. The molecule has 0 aliphatic rings. The van der Waals surface area contributed by atoms with E-state index in [4.69, 9.17) is 5.73 Å². The normalized spacial score (nSPS) is 9.44. The van der Waals surface area contributed by atoms with E-state index >= 15 is 0 Å². The lowest BCUT2D eigenvalue weighted by atomic mass is 10.7. The minimum atomic E-state index is 0.229. The highest BCUT2D eigenvalue weighted by molar-refractivity contribution is 5.70. The highest BCUT2D eigenvalue weighted by Gasteiger charge is 1.99. The first-order valence-corrected chi connectivity index (χ1v) is 2.41. The minimum absolute atomic E-state index is 0.229. The molecule has 0 bridgehead atoms. The lowest BCUT2D eigenvalue weighted by molar-refractivity contribution is 0.558. The summed E-state index contributed by atoms with van der Waals surface area (Å²) in [5.41, 5.74) is 5.24. The van der Waals surface area contributed by atoms with Crippen LogP contribution in [0.2, 0.25) is 0 Å². The van der Waals surface area contributed by atoms with Gasteiger partial charge in [-0.25, -0.2) is 4.98 Å². The Labute approximate surface area is 52.3 Å². The molecule has 4 heteroatoms. The summed E-state index contributed by atoms with van der Waals surface area (Å²) in [5, 5.41) is 0. The number of aromatic nitrogens is 2. The van der Waals surface area contributed by atoms with Gasteiger partial charge in [0, 0.05) is 13.2 Å². The van der Waals surface area contributed by atoms with E-state index in [0.29, 0.717) is 5.82 Å². The number of hydrogen-bond acceptors (Lipinski definition) is 3. The summed E-state index contributed by atoms with van der Waals surface area (Å²) < 4.78 is 1.52. The first-order chi connectivity index (χ1) is 4.24. The number of carbonyl (C=O) groups excluding carboxylic acids is 1. The summed E-state index contributed by atoms with van der Waals surface area (Å²) in [6, 6.07) is 0. The van der Waals surface area contributed by atoms with Gasteiger partial charge in [-0.3, -0.25) is 4.79 Å². The fraction of sp³-hybridized carbons (Fsp3) is 0.200. The molecular formula is C5H6N3O. The van der Waals surface area contributed by atoms with E-state index in [-0.39, 0.29) is 5.82 Å². The SMILES string of the molecule is Cn1cc(N)nc1[C]=O. The van der Waals surface area contributed by atoms with Crippen molar-refractivity contribution < 1.29 is 4.79 Å². The van der Waals surface area contributed by atoms with Gasteiger partial charge in [0.2, 0.25) is 0 Å². The van der Waals surface area contributed by atoms with Crippen LogP contribution in [-0.4, -0.2) is 15.8 Å². The van der Waals surface area contributed by atoms with Gasteiger partial charge in [-0.2, -0.15) is 0 Å². The van der Waals surface area contributed by atoms with E-state index in [1.165, 1.54) is 4.57 Å². The Kier molecular flexibility index (Phi) is 1.22. The first-order valence-electron chi connectivity index (χ1n) is 2.41. The summed E-state index contributed by atoms with van der Waals surface area (Å²) in [5.74, 6) is 0.573. The molecule has 0 aliphatic carbocycles. The number of nitrogen functional groups attached to an aromatic ring is 1. The molecule has 9 heavy (non-hydrogen) atoms. The zero-order valence-corrected chi connectivity index (χ0v) is 4.96. The van der Waals surface area contributed by atoms with E-state index in [0.717, 1.165) is 0 Å². The van der Waals surface area contributed by atoms with Crippen LogP contribution in [0.25, 0.3) is 0 Å². The highest BCUT2D eigenvalue weighted by Crippen LogP contribution is 1.97. The van der Waals surface area contributed by atoms with Crippen molar-refractivity contribution >= 4 is 12.1 Å². The van der Waals surface area contributed by atoms with Crippen LogP contribution in [0.3, 0.4) is 0 Å². The molecular weight excluding hydrogens is 118 g/mol. The van der Waals surface area contributed by atoms with Gasteiger partial charge < -0.3 is 10.3 Å². The minimum Gasteiger partial charge on any atom is -0.382 e. The van der Waals surface area contributed by atoms with Crippen molar-refractivity contribution in [1.29, 1.82) is 0 Å². The average molecular weight is 124 g/mol. The van der Waals surface area contributed by atoms with Crippen LogP contribution in [-0.2, 0) is 11.8 Å². The molecule has 1 heterocycles. The second-order valence-electron chi connectivity index (χ2n) is 1.70. The van der Waals surface area contributed by atoms with Crippen LogP contribution < -0.4 is 5.73 Å². The monoisotopic (exact) mass is 124 g/mol. The first kappa shape index (κ1) is 5.81. The number of nitrogens with zero attached hydrogens (tertiary/aromatic N) is 2. The molecule has 1 rings (SSSR count). The fourth-order valence-corrected chi connectivity index (χ4v) is 0.584. The van der Waals surface area contributed by atoms with Crippen molar-refractivity contribution in [3.8, 4) is 0 Å². The molecule has 0 saturated carbocycles. The zero-order valence-electron chi connectivity index (χ0n) is 4.96. The number of imidazole rings is 1. The van der Waals surface area contributed by atoms with Crippen molar-refractivity contribution in [2.24, 2.45) is 7.05 Å². The van der Waals surface area contributed by atoms with Crippen molar-refractivity contribution in [1.82, 2.24) is 9.55 Å². The fourth-order valence-electron chi connectivity index (χ4n) is 0.584. The molecule has 0 saturated heterocycles. The topological polar surface area (TPSA) is 60.9 Å². The second kappa shape index (κ2) is 1.89. The molecule has 0 spiro atoms. The van der Waals surface area contributed by atoms with E-state index < -0.39 is 0 Å². The molecule has 2 N–H and O–H groups in total. The summed E-state index contributed by atoms with van der Waals surface area (Å²) in [7, 11) is 1.68. The van der Waals surface area contributed by atoms with Gasteiger partial charge in [0.15, 0.2) is 5.82 Å². The number of aryl methyl sites for hydroxylation is 1. The molecule has 0 aliphatic heterocycles. The van der Waals surface area contributed by atoms with E-state index in [1.807, 2.05) is 0 Å².